The van der Waals surface area contributed by atoms with Gasteiger partial charge in [0.2, 0.25) is 12.5 Å². The Morgan fingerprint density at radius 3 is 2.73 bits per heavy atom. The van der Waals surface area contributed by atoms with E-state index in [1.165, 1.54) is 12.1 Å². The van der Waals surface area contributed by atoms with Crippen LogP contribution >= 0.6 is 0 Å². The van der Waals surface area contributed by atoms with E-state index in [9.17, 15) is 4.39 Å². The lowest BCUT2D eigenvalue weighted by molar-refractivity contribution is 0.171. The Morgan fingerprint density at radius 1 is 1.27 bits per heavy atom. The molecule has 1 aliphatic heterocycles. The van der Waals surface area contributed by atoms with Gasteiger partial charge in [0.05, 0.1) is 5.69 Å². The summed E-state index contributed by atoms with van der Waals surface area (Å²) < 4.78 is 22.6. The molecule has 1 heterocycles. The lowest BCUT2D eigenvalue weighted by atomic mass is 10.2. The number of rotatable bonds is 0. The van der Waals surface area contributed by atoms with Gasteiger partial charge >= 0.3 is 0 Å². The normalized spacial score (nSPS) is 13.5. The highest BCUT2D eigenvalue weighted by Crippen LogP contribution is 2.39. The Kier molecular flexibility index (Phi) is 1.15. The second-order valence-corrected chi connectivity index (χ2v) is 2.20. The van der Waals surface area contributed by atoms with Gasteiger partial charge in [-0.3, -0.25) is 0 Å². The second-order valence-electron chi connectivity index (χ2n) is 2.20. The Bertz CT molecular complexity index is 272. The number of nitrogens with two attached hydrogens (primary N) is 1. The summed E-state index contributed by atoms with van der Waals surface area (Å²) in [7, 11) is 0. The first-order valence-corrected chi connectivity index (χ1v) is 3.12. The van der Waals surface area contributed by atoms with E-state index >= 15 is 0 Å². The van der Waals surface area contributed by atoms with E-state index in [2.05, 4.69) is 0 Å². The predicted molar refractivity (Wildman–Crippen MR) is 36.9 cm³/mol. The quantitative estimate of drug-likeness (QED) is 0.571. The molecule has 4 heteroatoms. The third-order valence-corrected chi connectivity index (χ3v) is 1.50. The summed E-state index contributed by atoms with van der Waals surface area (Å²) in [6, 6.07) is 2.70. The van der Waals surface area contributed by atoms with Gasteiger partial charge in [0, 0.05) is 0 Å². The Hall–Kier alpha value is -1.45. The third-order valence-electron chi connectivity index (χ3n) is 1.50. The highest BCUT2D eigenvalue weighted by Gasteiger charge is 2.20. The van der Waals surface area contributed by atoms with Crippen LogP contribution in [0.4, 0.5) is 10.1 Å². The monoisotopic (exact) mass is 155 g/mol. The molecule has 0 fully saturated rings. The van der Waals surface area contributed by atoms with Crippen LogP contribution in [0.25, 0.3) is 0 Å². The summed E-state index contributed by atoms with van der Waals surface area (Å²) in [5, 5.41) is 0. The number of anilines is 1. The van der Waals surface area contributed by atoms with Gasteiger partial charge in [-0.05, 0) is 12.1 Å². The van der Waals surface area contributed by atoms with Crippen molar-refractivity contribution in [3.05, 3.63) is 17.9 Å². The van der Waals surface area contributed by atoms with Crippen LogP contribution in [0.3, 0.4) is 0 Å². The van der Waals surface area contributed by atoms with E-state index in [1.54, 1.807) is 0 Å². The SMILES string of the molecule is Nc1ccc(F)c2c1OCO2. The van der Waals surface area contributed by atoms with Crippen LogP contribution in [0.15, 0.2) is 12.1 Å². The molecule has 0 aromatic heterocycles. The first kappa shape index (κ1) is 6.27. The highest BCUT2D eigenvalue weighted by atomic mass is 19.1. The molecule has 0 radical (unpaired) electrons. The van der Waals surface area contributed by atoms with Crippen molar-refractivity contribution in [3.8, 4) is 11.5 Å². The number of nitrogen functional groups attached to an aromatic ring is 1. The van der Waals surface area contributed by atoms with Gasteiger partial charge in [0.1, 0.15) is 0 Å². The standard InChI is InChI=1S/C7H6FNO2/c8-4-1-2-5(9)7-6(4)10-3-11-7/h1-2H,3,9H2. The van der Waals surface area contributed by atoms with E-state index in [4.69, 9.17) is 15.2 Å². The molecule has 1 aromatic carbocycles. The molecule has 0 atom stereocenters. The van der Waals surface area contributed by atoms with Gasteiger partial charge in [-0.15, -0.1) is 0 Å². The fraction of sp³-hybridized carbons (Fsp3) is 0.143. The third kappa shape index (κ3) is 0.790. The molecular weight excluding hydrogens is 149 g/mol. The number of benzene rings is 1. The van der Waals surface area contributed by atoms with Crippen molar-refractivity contribution < 1.29 is 13.9 Å². The number of hydrogen-bond acceptors (Lipinski definition) is 3. The molecule has 0 aliphatic carbocycles. The zero-order chi connectivity index (χ0) is 7.84. The largest absolute Gasteiger partial charge is 0.451 e. The summed E-state index contributed by atoms with van der Waals surface area (Å²) in [5.74, 6) is -0.0123. The number of hydrogen-bond donors (Lipinski definition) is 1. The van der Waals surface area contributed by atoms with Crippen LogP contribution in [0.2, 0.25) is 0 Å². The van der Waals surface area contributed by atoms with Crippen molar-refractivity contribution in [2.24, 2.45) is 0 Å². The zero-order valence-corrected chi connectivity index (χ0v) is 5.63. The van der Waals surface area contributed by atoms with Gasteiger partial charge in [-0.1, -0.05) is 0 Å². The van der Waals surface area contributed by atoms with Crippen LogP contribution < -0.4 is 15.2 Å². The molecule has 0 bridgehead atoms. The van der Waals surface area contributed by atoms with E-state index in [0.717, 1.165) is 0 Å². The Labute approximate surface area is 62.5 Å². The maximum absolute atomic E-state index is 12.8. The minimum Gasteiger partial charge on any atom is -0.451 e. The second kappa shape index (κ2) is 2.02. The summed E-state index contributed by atoms with van der Waals surface area (Å²) in [6.07, 6.45) is 0. The van der Waals surface area contributed by atoms with Crippen molar-refractivity contribution in [1.29, 1.82) is 0 Å². The molecule has 0 amide bonds. The summed E-state index contributed by atoms with van der Waals surface area (Å²) in [6.45, 7) is 0.0421. The molecule has 2 N–H and O–H groups in total. The molecule has 0 spiro atoms. The van der Waals surface area contributed by atoms with E-state index in [-0.39, 0.29) is 12.5 Å². The summed E-state index contributed by atoms with van der Waals surface area (Å²) in [4.78, 5) is 0. The van der Waals surface area contributed by atoms with Crippen molar-refractivity contribution in [2.45, 2.75) is 0 Å². The molecule has 0 saturated heterocycles. The molecule has 3 nitrogen and oxygen atoms in total. The Balaban J connectivity index is 2.64. The molecule has 2 rings (SSSR count). The number of ether oxygens (including phenoxy) is 2. The molecule has 1 aromatic rings. The minimum atomic E-state index is -0.438. The molecule has 0 saturated carbocycles. The van der Waals surface area contributed by atoms with E-state index < -0.39 is 5.82 Å². The molecule has 0 unspecified atom stereocenters. The van der Waals surface area contributed by atoms with Gasteiger partial charge in [0.25, 0.3) is 0 Å². The molecule has 58 valence electrons. The minimum absolute atomic E-state index is 0.0421. The first-order valence-electron chi connectivity index (χ1n) is 3.12. The topological polar surface area (TPSA) is 44.5 Å². The van der Waals surface area contributed by atoms with Gasteiger partial charge in [-0.25, -0.2) is 4.39 Å². The maximum atomic E-state index is 12.8. The lowest BCUT2D eigenvalue weighted by Gasteiger charge is -1.99. The lowest BCUT2D eigenvalue weighted by Crippen LogP contribution is -1.94. The zero-order valence-electron chi connectivity index (χ0n) is 5.63. The fourth-order valence-corrected chi connectivity index (χ4v) is 0.985. The molecule has 1 aliphatic rings. The first-order chi connectivity index (χ1) is 5.29. The molecular formula is C7H6FNO2. The van der Waals surface area contributed by atoms with Crippen molar-refractivity contribution >= 4 is 5.69 Å². The van der Waals surface area contributed by atoms with Crippen molar-refractivity contribution in [2.75, 3.05) is 12.5 Å². The summed E-state index contributed by atoms with van der Waals surface area (Å²) >= 11 is 0. The number of fused-ring (bicyclic) bond motifs is 1. The van der Waals surface area contributed by atoms with Gasteiger partial charge < -0.3 is 15.2 Å². The molecule has 11 heavy (non-hydrogen) atoms. The van der Waals surface area contributed by atoms with Crippen molar-refractivity contribution in [3.63, 3.8) is 0 Å². The smallest absolute Gasteiger partial charge is 0.231 e. The van der Waals surface area contributed by atoms with Crippen LogP contribution in [-0.2, 0) is 0 Å². The van der Waals surface area contributed by atoms with Gasteiger partial charge in [0.15, 0.2) is 11.6 Å². The van der Waals surface area contributed by atoms with Crippen LogP contribution in [0, 0.1) is 5.82 Å². The maximum Gasteiger partial charge on any atom is 0.231 e. The summed E-state index contributed by atoms with van der Waals surface area (Å²) in [5.41, 5.74) is 5.87. The van der Waals surface area contributed by atoms with Crippen LogP contribution in [-0.4, -0.2) is 6.79 Å². The van der Waals surface area contributed by atoms with E-state index in [1.807, 2.05) is 0 Å². The fourth-order valence-electron chi connectivity index (χ4n) is 0.985. The number of halogens is 1. The average Bonchev–Trinajstić information content (AvgIpc) is 2.45. The van der Waals surface area contributed by atoms with Crippen molar-refractivity contribution in [1.82, 2.24) is 0 Å². The predicted octanol–water partition coefficient (Wildman–Crippen LogP) is 1.14. The highest BCUT2D eigenvalue weighted by molar-refractivity contribution is 5.61. The van der Waals surface area contributed by atoms with E-state index in [0.29, 0.717) is 11.4 Å². The Morgan fingerprint density at radius 2 is 2.00 bits per heavy atom. The van der Waals surface area contributed by atoms with Gasteiger partial charge in [-0.2, -0.15) is 0 Å². The van der Waals surface area contributed by atoms with Crippen LogP contribution in [0.5, 0.6) is 11.5 Å². The average molecular weight is 155 g/mol. The van der Waals surface area contributed by atoms with Crippen LogP contribution in [0.1, 0.15) is 0 Å².